The Labute approximate surface area is 184 Å². The number of hydrogen-bond donors (Lipinski definition) is 0. The summed E-state index contributed by atoms with van der Waals surface area (Å²) in [5.41, 5.74) is 1.96. The Hall–Kier alpha value is -2.89. The Morgan fingerprint density at radius 3 is 1.66 bits per heavy atom. The zero-order chi connectivity index (χ0) is 23.3. The summed E-state index contributed by atoms with van der Waals surface area (Å²) in [4.78, 5) is 0. The van der Waals surface area contributed by atoms with Gasteiger partial charge in [-0.3, -0.25) is 0 Å². The minimum absolute atomic E-state index is 0.0559. The molecule has 1 nitrogen and oxygen atoms in total. The van der Waals surface area contributed by atoms with Crippen molar-refractivity contribution < 1.29 is 26.7 Å². The maximum Gasteiger partial charge on any atom is 0.190 e. The minimum atomic E-state index is -0.867. The summed E-state index contributed by atoms with van der Waals surface area (Å²) in [6.07, 6.45) is 2.32. The lowest BCUT2D eigenvalue weighted by Crippen LogP contribution is -2.03. The standard InChI is InChI=1S/C26H25F5O/c1-3-4-16-5-8-19(21(27)11-16)9-6-17-12-22(28)20(23(29)13-17)10-7-18-14-24(30)26(32-2)25(31)15-18/h5,8,11-15H,3-4,6-7,9-10H2,1-2H3. The van der Waals surface area contributed by atoms with Crippen LogP contribution in [0.4, 0.5) is 22.0 Å². The highest BCUT2D eigenvalue weighted by Gasteiger charge is 2.15. The first kappa shape index (κ1) is 23.8. The third kappa shape index (κ3) is 5.67. The largest absolute Gasteiger partial charge is 0.491 e. The molecule has 0 radical (unpaired) electrons. The predicted molar refractivity (Wildman–Crippen MR) is 114 cm³/mol. The summed E-state index contributed by atoms with van der Waals surface area (Å²) in [5.74, 6) is -4.00. The Kier molecular flexibility index (Phi) is 7.89. The van der Waals surface area contributed by atoms with Crippen molar-refractivity contribution in [3.8, 4) is 5.75 Å². The van der Waals surface area contributed by atoms with Crippen molar-refractivity contribution in [2.45, 2.75) is 45.4 Å². The van der Waals surface area contributed by atoms with Crippen LogP contribution < -0.4 is 4.74 Å². The molecule has 0 unspecified atom stereocenters. The Balaban J connectivity index is 1.67. The molecular weight excluding hydrogens is 423 g/mol. The van der Waals surface area contributed by atoms with E-state index in [4.69, 9.17) is 0 Å². The van der Waals surface area contributed by atoms with Gasteiger partial charge in [0.25, 0.3) is 0 Å². The van der Waals surface area contributed by atoms with Crippen molar-refractivity contribution in [1.82, 2.24) is 0 Å². The first-order chi connectivity index (χ1) is 15.3. The van der Waals surface area contributed by atoms with E-state index in [1.54, 1.807) is 6.07 Å². The fraction of sp³-hybridized carbons (Fsp3) is 0.308. The van der Waals surface area contributed by atoms with Crippen LogP contribution in [0.25, 0.3) is 0 Å². The van der Waals surface area contributed by atoms with Crippen LogP contribution in [0.15, 0.2) is 42.5 Å². The van der Waals surface area contributed by atoms with Gasteiger partial charge in [0.15, 0.2) is 17.4 Å². The topological polar surface area (TPSA) is 9.23 Å². The summed E-state index contributed by atoms with van der Waals surface area (Å²) in [5, 5.41) is 0. The van der Waals surface area contributed by atoms with Crippen molar-refractivity contribution in [3.63, 3.8) is 0 Å². The van der Waals surface area contributed by atoms with Crippen molar-refractivity contribution in [2.24, 2.45) is 0 Å². The summed E-state index contributed by atoms with van der Waals surface area (Å²) >= 11 is 0. The second-order valence-corrected chi connectivity index (χ2v) is 7.81. The molecule has 3 aromatic rings. The molecule has 170 valence electrons. The van der Waals surface area contributed by atoms with Gasteiger partial charge in [-0.15, -0.1) is 0 Å². The van der Waals surface area contributed by atoms with E-state index in [-0.39, 0.29) is 36.2 Å². The van der Waals surface area contributed by atoms with E-state index in [0.29, 0.717) is 17.5 Å². The molecule has 0 aliphatic heterocycles. The van der Waals surface area contributed by atoms with E-state index in [0.717, 1.165) is 37.6 Å². The third-order valence-electron chi connectivity index (χ3n) is 5.47. The molecule has 0 bridgehead atoms. The lowest BCUT2D eigenvalue weighted by Gasteiger charge is -2.11. The molecule has 0 aliphatic rings. The van der Waals surface area contributed by atoms with E-state index in [2.05, 4.69) is 4.74 Å². The maximum absolute atomic E-state index is 14.6. The van der Waals surface area contributed by atoms with E-state index in [9.17, 15) is 22.0 Å². The van der Waals surface area contributed by atoms with Crippen LogP contribution in [0, 0.1) is 29.1 Å². The van der Waals surface area contributed by atoms with Gasteiger partial charge >= 0.3 is 0 Å². The summed E-state index contributed by atoms with van der Waals surface area (Å²) in [6, 6.07) is 9.74. The molecule has 32 heavy (non-hydrogen) atoms. The number of rotatable bonds is 9. The van der Waals surface area contributed by atoms with E-state index < -0.39 is 29.0 Å². The second kappa shape index (κ2) is 10.6. The number of ether oxygens (including phenoxy) is 1. The van der Waals surface area contributed by atoms with Crippen molar-refractivity contribution >= 4 is 0 Å². The van der Waals surface area contributed by atoms with Crippen LogP contribution in [0.5, 0.6) is 5.75 Å². The molecule has 0 amide bonds. The smallest absolute Gasteiger partial charge is 0.190 e. The highest BCUT2D eigenvalue weighted by molar-refractivity contribution is 5.33. The lowest BCUT2D eigenvalue weighted by atomic mass is 9.98. The average Bonchev–Trinajstić information content (AvgIpc) is 2.72. The molecule has 0 saturated heterocycles. The predicted octanol–water partition coefficient (Wildman–Crippen LogP) is 6.91. The highest BCUT2D eigenvalue weighted by Crippen LogP contribution is 2.25. The number of hydrogen-bond acceptors (Lipinski definition) is 1. The van der Waals surface area contributed by atoms with Gasteiger partial charge < -0.3 is 4.74 Å². The van der Waals surface area contributed by atoms with Crippen LogP contribution in [0.1, 0.15) is 41.2 Å². The maximum atomic E-state index is 14.6. The number of halogens is 5. The molecule has 0 heterocycles. The number of methoxy groups -OCH3 is 1. The zero-order valence-electron chi connectivity index (χ0n) is 18.1. The van der Waals surface area contributed by atoms with E-state index in [1.165, 1.54) is 18.2 Å². The minimum Gasteiger partial charge on any atom is -0.491 e. The summed E-state index contributed by atoms with van der Waals surface area (Å²) in [6.45, 7) is 2.02. The normalized spacial score (nSPS) is 11.1. The van der Waals surface area contributed by atoms with Gasteiger partial charge in [0.05, 0.1) is 7.11 Å². The zero-order valence-corrected chi connectivity index (χ0v) is 18.1. The van der Waals surface area contributed by atoms with Crippen LogP contribution in [-0.4, -0.2) is 7.11 Å². The molecular formula is C26H25F5O. The van der Waals surface area contributed by atoms with Crippen LogP contribution in [0.2, 0.25) is 0 Å². The first-order valence-corrected chi connectivity index (χ1v) is 10.6. The van der Waals surface area contributed by atoms with Gasteiger partial charge in [0, 0.05) is 5.56 Å². The van der Waals surface area contributed by atoms with Gasteiger partial charge in [0.1, 0.15) is 17.5 Å². The highest BCUT2D eigenvalue weighted by atomic mass is 19.1. The van der Waals surface area contributed by atoms with Crippen LogP contribution in [-0.2, 0) is 32.1 Å². The molecule has 3 rings (SSSR count). The molecule has 6 heteroatoms. The molecule has 0 N–H and O–H groups in total. The monoisotopic (exact) mass is 448 g/mol. The average molecular weight is 448 g/mol. The molecule has 0 atom stereocenters. The number of benzene rings is 3. The van der Waals surface area contributed by atoms with Crippen LogP contribution >= 0.6 is 0 Å². The Morgan fingerprint density at radius 1 is 0.594 bits per heavy atom. The van der Waals surface area contributed by atoms with E-state index >= 15 is 0 Å². The fourth-order valence-corrected chi connectivity index (χ4v) is 3.78. The first-order valence-electron chi connectivity index (χ1n) is 10.6. The van der Waals surface area contributed by atoms with Gasteiger partial charge in [0.2, 0.25) is 0 Å². The molecule has 0 fully saturated rings. The lowest BCUT2D eigenvalue weighted by molar-refractivity contribution is 0.359. The van der Waals surface area contributed by atoms with Gasteiger partial charge in [-0.05, 0) is 84.7 Å². The van der Waals surface area contributed by atoms with Crippen LogP contribution in [0.3, 0.4) is 0 Å². The molecule has 0 aromatic heterocycles. The fourth-order valence-electron chi connectivity index (χ4n) is 3.78. The summed E-state index contributed by atoms with van der Waals surface area (Å²) in [7, 11) is 1.16. The van der Waals surface area contributed by atoms with Crippen molar-refractivity contribution in [2.75, 3.05) is 7.11 Å². The molecule has 0 spiro atoms. The van der Waals surface area contributed by atoms with Gasteiger partial charge in [-0.2, -0.15) is 0 Å². The molecule has 0 saturated carbocycles. The van der Waals surface area contributed by atoms with E-state index in [1.807, 2.05) is 13.0 Å². The Bertz CT molecular complexity index is 1050. The summed E-state index contributed by atoms with van der Waals surface area (Å²) < 4.78 is 75.6. The van der Waals surface area contributed by atoms with Crippen molar-refractivity contribution in [3.05, 3.63) is 99.4 Å². The van der Waals surface area contributed by atoms with Crippen molar-refractivity contribution in [1.29, 1.82) is 0 Å². The molecule has 3 aromatic carbocycles. The molecule has 0 aliphatic carbocycles. The third-order valence-corrected chi connectivity index (χ3v) is 5.47. The SMILES string of the molecule is CCCc1ccc(CCc2cc(F)c(CCc3cc(F)c(OC)c(F)c3)c(F)c2)c(F)c1. The number of aryl methyl sites for hydroxylation is 4. The quantitative estimate of drug-likeness (QED) is 0.323. The van der Waals surface area contributed by atoms with Gasteiger partial charge in [-0.1, -0.05) is 25.5 Å². The second-order valence-electron chi connectivity index (χ2n) is 7.81. The Morgan fingerprint density at radius 2 is 1.12 bits per heavy atom. The van der Waals surface area contributed by atoms with Gasteiger partial charge in [-0.25, -0.2) is 22.0 Å².